The van der Waals surface area contributed by atoms with Gasteiger partial charge in [-0.3, -0.25) is 18.5 Å². The summed E-state index contributed by atoms with van der Waals surface area (Å²) in [6, 6.07) is 7.71. The Hall–Kier alpha value is -3.49. The van der Waals surface area contributed by atoms with Crippen LogP contribution in [0.1, 0.15) is 25.7 Å². The summed E-state index contributed by atoms with van der Waals surface area (Å²) in [6.45, 7) is 1.08. The van der Waals surface area contributed by atoms with Crippen LogP contribution in [0.3, 0.4) is 0 Å². The zero-order valence-electron chi connectivity index (χ0n) is 57.5. The molecule has 4 aromatic rings. The number of hydrogen-bond acceptors (Lipinski definition) is 21. The molecule has 10 rings (SSSR count). The van der Waals surface area contributed by atoms with Crippen molar-refractivity contribution in [3.63, 3.8) is 0 Å². The first-order valence-corrected chi connectivity index (χ1v) is 41.9. The predicted molar refractivity (Wildman–Crippen MR) is 373 cm³/mol. The molecule has 9 unspecified atom stereocenters. The minimum atomic E-state index is -4.35. The van der Waals surface area contributed by atoms with Crippen LogP contribution < -0.4 is 10.5 Å². The van der Waals surface area contributed by atoms with Crippen molar-refractivity contribution in [2.45, 2.75) is 76.7 Å². The minimum Gasteiger partial charge on any atom is -0.493 e. The molecule has 544 valence electrons. The van der Waals surface area contributed by atoms with E-state index in [4.69, 9.17) is 52.5 Å². The zero-order chi connectivity index (χ0) is 70.9. The van der Waals surface area contributed by atoms with Crippen molar-refractivity contribution >= 4 is 121 Å². The number of carbonyl (C=O) groups is 2. The van der Waals surface area contributed by atoms with Crippen LogP contribution in [0.15, 0.2) is 51.1 Å². The number of amides is 2. The van der Waals surface area contributed by atoms with E-state index < -0.39 is 101 Å². The van der Waals surface area contributed by atoms with Crippen LogP contribution in [0.25, 0.3) is 32.3 Å². The molecule has 6 heterocycles. The second-order valence-corrected chi connectivity index (χ2v) is 39.8. The Balaban J connectivity index is 0.805. The molecule has 0 radical (unpaired) electrons. The van der Waals surface area contributed by atoms with Gasteiger partial charge in [-0.1, -0.05) is 24.6 Å². The van der Waals surface area contributed by atoms with Crippen molar-refractivity contribution in [3.8, 4) is 5.75 Å². The van der Waals surface area contributed by atoms with Crippen LogP contribution in [0.2, 0.25) is 0 Å². The molecule has 32 nitrogen and oxygen atoms in total. The molecule has 0 aromatic heterocycles. The molecule has 98 heavy (non-hydrogen) atoms. The summed E-state index contributed by atoms with van der Waals surface area (Å²) >= 11 is 0. The summed E-state index contributed by atoms with van der Waals surface area (Å²) in [5.41, 5.74) is 5.39. The fourth-order valence-electron chi connectivity index (χ4n) is 13.4. The van der Waals surface area contributed by atoms with Crippen LogP contribution in [0.4, 0.5) is 4.79 Å². The first-order valence-electron chi connectivity index (χ1n) is 33.0. The number of likely N-dealkylation sites (N-methyl/N-ethyl adjacent to an activating group) is 1. The molecule has 4 aromatic carbocycles. The minimum absolute atomic E-state index is 0.0248. The monoisotopic (exact) mass is 1490 g/mol. The number of piperidine rings is 1. The number of morpholine rings is 5. The fourth-order valence-corrected chi connectivity index (χ4v) is 24.3. The van der Waals surface area contributed by atoms with Gasteiger partial charge in [0.05, 0.1) is 106 Å². The number of rotatable bonds is 28. The van der Waals surface area contributed by atoms with E-state index in [0.717, 1.165) is 6.42 Å². The second kappa shape index (κ2) is 31.9. The molecular formula is C57H93B3N11O21P3S3. The Bertz CT molecular complexity index is 3950. The van der Waals surface area contributed by atoms with Crippen LogP contribution in [0, 0.1) is 0 Å². The highest BCUT2D eigenvalue weighted by molar-refractivity contribution is 7.90. The van der Waals surface area contributed by atoms with Crippen molar-refractivity contribution in [2.24, 2.45) is 5.73 Å². The molecule has 9 atom stereocenters. The zero-order valence-corrected chi connectivity index (χ0v) is 62.6. The molecule has 6 aliphatic heterocycles. The SMILES string of the molecule is BC1CN(C(=O)OCCCOc2cc(S(=O)(=O)N3CCOCC3)c3ccc4c(S(=O)(=O)N5CCOCC5)cc(S(=O)(=O)N5CCCCC5)c5ccc2c3c54)CC(COP(=O)(N(C)C)N2CC(B)OC(COP(=O)(N(C)C)N3CC(B)OC(COP(=O)(N(C)C)N(C)CC(N)=O)C3)C2)O1. The van der Waals surface area contributed by atoms with E-state index in [-0.39, 0.29) is 193 Å². The molecule has 0 saturated carbocycles. The smallest absolute Gasteiger partial charge is 0.409 e. The van der Waals surface area contributed by atoms with E-state index in [1.807, 2.05) is 15.7 Å². The Morgan fingerprint density at radius 3 is 1.42 bits per heavy atom. The number of nitrogens with zero attached hydrogens (tertiary/aromatic N) is 10. The molecule has 6 aliphatic rings. The van der Waals surface area contributed by atoms with E-state index in [2.05, 4.69) is 0 Å². The van der Waals surface area contributed by atoms with Gasteiger partial charge in [-0.05, 0) is 74.3 Å². The predicted octanol–water partition coefficient (Wildman–Crippen LogP) is 0.162. The highest BCUT2D eigenvalue weighted by atomic mass is 32.2. The first-order chi connectivity index (χ1) is 46.3. The summed E-state index contributed by atoms with van der Waals surface area (Å²) in [6.07, 6.45) is -0.565. The van der Waals surface area contributed by atoms with Gasteiger partial charge in [0.25, 0.3) is 0 Å². The van der Waals surface area contributed by atoms with Crippen molar-refractivity contribution in [3.05, 3.63) is 36.4 Å². The van der Waals surface area contributed by atoms with Gasteiger partial charge in [-0.15, -0.1) is 0 Å². The normalized spacial score (nSPS) is 25.7. The summed E-state index contributed by atoms with van der Waals surface area (Å²) in [5.74, 6) is -0.560. The summed E-state index contributed by atoms with van der Waals surface area (Å²) in [4.78, 5) is 26.5. The fraction of sp³-hybridized carbons (Fsp3) is 0.684. The molecule has 6 fully saturated rings. The summed E-state index contributed by atoms with van der Waals surface area (Å²) < 4.78 is 207. The van der Waals surface area contributed by atoms with Gasteiger partial charge >= 0.3 is 29.1 Å². The maximum absolute atomic E-state index is 15.1. The van der Waals surface area contributed by atoms with Crippen LogP contribution in [-0.2, 0) is 90.6 Å². The maximum Gasteiger partial charge on any atom is 0.409 e. The molecule has 2 amide bonds. The number of ether oxygens (including phenoxy) is 7. The topological polar surface area (TPSA) is 338 Å². The number of primary amides is 1. The lowest BCUT2D eigenvalue weighted by Crippen LogP contribution is -2.53. The number of benzene rings is 4. The van der Waals surface area contributed by atoms with Crippen LogP contribution in [0.5, 0.6) is 5.75 Å². The molecule has 0 spiro atoms. The quantitative estimate of drug-likeness (QED) is 0.0343. The van der Waals surface area contributed by atoms with E-state index in [9.17, 15) is 44.0 Å². The third-order valence-electron chi connectivity index (χ3n) is 18.2. The number of carbonyl (C=O) groups excluding carboxylic acids is 2. The standard InChI is InChI=1S/C57H93B3N11O21P3S3/c1-62(2)93(74,65(7)36-54(61)72)87-38-41-31-67(34-52(59)91-41)95(76,64(5)6)89-39-42-32-68(35-53(60)92-42)94(75,63(3)4)88-37-40-30-66(33-51(58)90-40)57(73)86-23-11-22-85-47-28-48(96(77,78)70-18-24-83-25-19-70)44-14-15-46-50(98(81,82)71-20-26-84-27-21-71)29-49(45-13-12-43(47)55(44)56(45)46)97(79,80)69-16-9-8-10-17-69/h12-15,28-29,40-42,51-53H,8-11,16-27,30-39,58-60H2,1-7H3,(H2,61,72). The lowest BCUT2D eigenvalue weighted by Gasteiger charge is -2.44. The van der Waals surface area contributed by atoms with E-state index in [1.165, 1.54) is 55.7 Å². The number of sulfonamides is 3. The van der Waals surface area contributed by atoms with Crippen molar-refractivity contribution < 1.29 is 95.3 Å². The summed E-state index contributed by atoms with van der Waals surface area (Å²) in [5, 5.41) is 1.64. The third-order valence-corrected chi connectivity index (χ3v) is 31.6. The Labute approximate surface area is 577 Å². The van der Waals surface area contributed by atoms with Crippen molar-refractivity contribution in [1.82, 2.24) is 45.8 Å². The van der Waals surface area contributed by atoms with Crippen LogP contribution >= 0.6 is 23.0 Å². The molecule has 41 heteroatoms. The van der Waals surface area contributed by atoms with Crippen molar-refractivity contribution in [2.75, 3.05) is 194 Å². The Morgan fingerprint density at radius 1 is 0.541 bits per heavy atom. The maximum atomic E-state index is 15.1. The average molecular weight is 1490 g/mol. The Morgan fingerprint density at radius 2 is 0.959 bits per heavy atom. The lowest BCUT2D eigenvalue weighted by atomic mass is 9.93. The van der Waals surface area contributed by atoms with Crippen molar-refractivity contribution in [1.29, 1.82) is 0 Å². The van der Waals surface area contributed by atoms with Gasteiger partial charge in [0.2, 0.25) is 36.0 Å². The van der Waals surface area contributed by atoms with E-state index in [0.29, 0.717) is 23.6 Å². The average Bonchev–Trinajstić information content (AvgIpc) is 0.699. The third kappa shape index (κ3) is 16.5. The van der Waals surface area contributed by atoms with E-state index in [1.54, 1.807) is 83.7 Å². The summed E-state index contributed by atoms with van der Waals surface area (Å²) in [7, 11) is -7.76. The van der Waals surface area contributed by atoms with E-state index >= 15 is 4.57 Å². The Kier molecular flexibility index (Phi) is 25.1. The molecule has 0 bridgehead atoms. The molecule has 0 aliphatic carbocycles. The van der Waals surface area contributed by atoms with Crippen LogP contribution in [-0.4, -0.2) is 337 Å². The van der Waals surface area contributed by atoms with Gasteiger partial charge in [-0.2, -0.15) is 12.9 Å². The highest BCUT2D eigenvalue weighted by Gasteiger charge is 2.47. The number of nitrogens with two attached hydrogens (primary N) is 1. The largest absolute Gasteiger partial charge is 0.493 e. The molecule has 2 N–H and O–H groups in total. The van der Waals surface area contributed by atoms with Gasteiger partial charge < -0.3 is 57.4 Å². The van der Waals surface area contributed by atoms with Gasteiger partial charge in [0.1, 0.15) is 29.3 Å². The first kappa shape index (κ1) is 77.1. The van der Waals surface area contributed by atoms with Gasteiger partial charge in [0.15, 0.2) is 0 Å². The lowest BCUT2D eigenvalue weighted by molar-refractivity contribution is -0.118. The second-order valence-electron chi connectivity index (χ2n) is 26.2. The molecular weight excluding hydrogens is 1400 g/mol. The van der Waals surface area contributed by atoms with Gasteiger partial charge in [-0.25, -0.2) is 58.1 Å². The highest BCUT2D eigenvalue weighted by Crippen LogP contribution is 2.57. The van der Waals surface area contributed by atoms with Gasteiger partial charge in [0, 0.05) is 135 Å². The molecule has 6 saturated heterocycles. The number of hydrogen-bond donors (Lipinski definition) is 1.